The standard InChI is InChI=1S/C11H23NO2/c1-4-6-7-8-9-12(5-2)10(3)11(13)14/h10H,4-9H2,1-3H3,(H,13,14)/t10-/m0/s1. The number of unbranched alkanes of at least 4 members (excludes halogenated alkanes) is 3. The molecule has 14 heavy (non-hydrogen) atoms. The summed E-state index contributed by atoms with van der Waals surface area (Å²) in [6, 6.07) is -0.346. The van der Waals surface area contributed by atoms with Crippen LogP contribution in [0.4, 0.5) is 0 Å². The summed E-state index contributed by atoms with van der Waals surface area (Å²) in [5.41, 5.74) is 0. The lowest BCUT2D eigenvalue weighted by Crippen LogP contribution is -2.39. The number of nitrogens with zero attached hydrogens (tertiary/aromatic N) is 1. The minimum Gasteiger partial charge on any atom is -0.480 e. The summed E-state index contributed by atoms with van der Waals surface area (Å²) >= 11 is 0. The van der Waals surface area contributed by atoms with Gasteiger partial charge >= 0.3 is 5.97 Å². The predicted molar refractivity (Wildman–Crippen MR) is 58.5 cm³/mol. The second-order valence-electron chi connectivity index (χ2n) is 3.70. The molecule has 0 saturated carbocycles. The molecule has 1 atom stereocenters. The van der Waals surface area contributed by atoms with E-state index in [1.54, 1.807) is 6.92 Å². The molecule has 0 aliphatic carbocycles. The number of hydrogen-bond acceptors (Lipinski definition) is 2. The molecule has 0 bridgehead atoms. The number of likely N-dealkylation sites (N-methyl/N-ethyl adjacent to an activating group) is 1. The molecule has 0 aromatic carbocycles. The Balaban J connectivity index is 3.73. The van der Waals surface area contributed by atoms with Crippen molar-refractivity contribution >= 4 is 5.97 Å². The Labute approximate surface area is 87.1 Å². The maximum Gasteiger partial charge on any atom is 0.320 e. The molecule has 0 aromatic heterocycles. The molecule has 0 aromatic rings. The highest BCUT2D eigenvalue weighted by molar-refractivity contribution is 5.72. The Hall–Kier alpha value is -0.570. The molecule has 0 rings (SSSR count). The molecule has 0 heterocycles. The van der Waals surface area contributed by atoms with E-state index in [0.29, 0.717) is 0 Å². The Morgan fingerprint density at radius 1 is 1.29 bits per heavy atom. The van der Waals surface area contributed by atoms with Crippen LogP contribution in [-0.4, -0.2) is 35.1 Å². The van der Waals surface area contributed by atoms with Crippen LogP contribution in [0, 0.1) is 0 Å². The van der Waals surface area contributed by atoms with Gasteiger partial charge in [-0.1, -0.05) is 33.1 Å². The van der Waals surface area contributed by atoms with Crippen molar-refractivity contribution in [1.82, 2.24) is 4.90 Å². The molecule has 0 aliphatic heterocycles. The SMILES string of the molecule is CCCCCCN(CC)[C@@H](C)C(=O)O. The van der Waals surface area contributed by atoms with Crippen molar-refractivity contribution in [2.45, 2.75) is 52.5 Å². The number of carboxylic acids is 1. The average molecular weight is 201 g/mol. The van der Waals surface area contributed by atoms with Gasteiger partial charge in [0.1, 0.15) is 6.04 Å². The van der Waals surface area contributed by atoms with E-state index >= 15 is 0 Å². The zero-order chi connectivity index (χ0) is 11.0. The maximum absolute atomic E-state index is 10.7. The number of carboxylic acid groups (broad SMARTS) is 1. The first-order chi connectivity index (χ1) is 6.63. The Morgan fingerprint density at radius 2 is 1.93 bits per heavy atom. The number of carbonyl (C=O) groups is 1. The molecule has 84 valence electrons. The largest absolute Gasteiger partial charge is 0.480 e. The molecule has 3 heteroatoms. The van der Waals surface area contributed by atoms with E-state index in [2.05, 4.69) is 6.92 Å². The van der Waals surface area contributed by atoms with E-state index in [1.165, 1.54) is 19.3 Å². The van der Waals surface area contributed by atoms with Crippen molar-refractivity contribution in [2.24, 2.45) is 0 Å². The van der Waals surface area contributed by atoms with Gasteiger partial charge in [0.15, 0.2) is 0 Å². The molecule has 0 aliphatic rings. The topological polar surface area (TPSA) is 40.5 Å². The number of rotatable bonds is 8. The van der Waals surface area contributed by atoms with Gasteiger partial charge in [-0.2, -0.15) is 0 Å². The quantitative estimate of drug-likeness (QED) is 0.613. The van der Waals surface area contributed by atoms with Gasteiger partial charge in [-0.15, -0.1) is 0 Å². The van der Waals surface area contributed by atoms with Gasteiger partial charge in [0, 0.05) is 0 Å². The van der Waals surface area contributed by atoms with E-state index in [0.717, 1.165) is 19.5 Å². The van der Waals surface area contributed by atoms with Crippen LogP contribution in [0.5, 0.6) is 0 Å². The van der Waals surface area contributed by atoms with Crippen molar-refractivity contribution in [2.75, 3.05) is 13.1 Å². The van der Waals surface area contributed by atoms with E-state index in [1.807, 2.05) is 11.8 Å². The van der Waals surface area contributed by atoms with Crippen molar-refractivity contribution in [3.8, 4) is 0 Å². The molecule has 0 amide bonds. The van der Waals surface area contributed by atoms with Gasteiger partial charge in [-0.3, -0.25) is 9.69 Å². The maximum atomic E-state index is 10.7. The first kappa shape index (κ1) is 13.4. The van der Waals surface area contributed by atoms with Crippen LogP contribution in [0.3, 0.4) is 0 Å². The predicted octanol–water partition coefficient (Wildman–Crippen LogP) is 2.36. The monoisotopic (exact) mass is 201 g/mol. The highest BCUT2D eigenvalue weighted by Crippen LogP contribution is 2.04. The fraction of sp³-hybridized carbons (Fsp3) is 0.909. The first-order valence-electron chi connectivity index (χ1n) is 5.60. The number of aliphatic carboxylic acids is 1. The molecular formula is C11H23NO2. The zero-order valence-electron chi connectivity index (χ0n) is 9.62. The third-order valence-corrected chi connectivity index (χ3v) is 2.61. The van der Waals surface area contributed by atoms with Crippen LogP contribution in [0.25, 0.3) is 0 Å². The molecule has 0 spiro atoms. The molecule has 0 unspecified atom stereocenters. The van der Waals surface area contributed by atoms with E-state index in [4.69, 9.17) is 5.11 Å². The van der Waals surface area contributed by atoms with E-state index in [9.17, 15) is 4.79 Å². The summed E-state index contributed by atoms with van der Waals surface area (Å²) in [5.74, 6) is -0.720. The van der Waals surface area contributed by atoms with Crippen LogP contribution in [0.2, 0.25) is 0 Å². The van der Waals surface area contributed by atoms with Crippen LogP contribution < -0.4 is 0 Å². The summed E-state index contributed by atoms with van der Waals surface area (Å²) < 4.78 is 0. The lowest BCUT2D eigenvalue weighted by Gasteiger charge is -2.24. The Bertz CT molecular complexity index is 159. The molecule has 3 nitrogen and oxygen atoms in total. The minimum absolute atomic E-state index is 0.346. The molecule has 0 radical (unpaired) electrons. The van der Waals surface area contributed by atoms with Crippen LogP contribution in [0.1, 0.15) is 46.5 Å². The second kappa shape index (κ2) is 7.80. The smallest absolute Gasteiger partial charge is 0.320 e. The summed E-state index contributed by atoms with van der Waals surface area (Å²) in [4.78, 5) is 12.8. The van der Waals surface area contributed by atoms with Crippen LogP contribution >= 0.6 is 0 Å². The first-order valence-corrected chi connectivity index (χ1v) is 5.60. The normalized spacial score (nSPS) is 13.1. The lowest BCUT2D eigenvalue weighted by molar-refractivity contribution is -0.142. The summed E-state index contributed by atoms with van der Waals surface area (Å²) in [6.07, 6.45) is 4.79. The van der Waals surface area contributed by atoms with Gasteiger partial charge in [0.05, 0.1) is 0 Å². The van der Waals surface area contributed by atoms with Crippen LogP contribution in [0.15, 0.2) is 0 Å². The van der Waals surface area contributed by atoms with Gasteiger partial charge in [-0.05, 0) is 26.4 Å². The van der Waals surface area contributed by atoms with Gasteiger partial charge < -0.3 is 5.11 Å². The summed E-state index contributed by atoms with van der Waals surface area (Å²) in [5, 5.41) is 8.84. The van der Waals surface area contributed by atoms with Crippen molar-refractivity contribution in [3.63, 3.8) is 0 Å². The fourth-order valence-corrected chi connectivity index (χ4v) is 1.52. The molecule has 0 fully saturated rings. The minimum atomic E-state index is -0.720. The highest BCUT2D eigenvalue weighted by atomic mass is 16.4. The van der Waals surface area contributed by atoms with E-state index < -0.39 is 5.97 Å². The van der Waals surface area contributed by atoms with Crippen LogP contribution in [-0.2, 0) is 4.79 Å². The second-order valence-corrected chi connectivity index (χ2v) is 3.70. The third-order valence-electron chi connectivity index (χ3n) is 2.61. The zero-order valence-corrected chi connectivity index (χ0v) is 9.62. The number of hydrogen-bond donors (Lipinski definition) is 1. The van der Waals surface area contributed by atoms with Crippen molar-refractivity contribution in [3.05, 3.63) is 0 Å². The van der Waals surface area contributed by atoms with Crippen molar-refractivity contribution in [1.29, 1.82) is 0 Å². The highest BCUT2D eigenvalue weighted by Gasteiger charge is 2.17. The Kier molecular flexibility index (Phi) is 7.48. The molecule has 1 N–H and O–H groups in total. The summed E-state index contributed by atoms with van der Waals surface area (Å²) in [6.45, 7) is 7.67. The van der Waals surface area contributed by atoms with Gasteiger partial charge in [0.2, 0.25) is 0 Å². The lowest BCUT2D eigenvalue weighted by atomic mass is 10.2. The summed E-state index contributed by atoms with van der Waals surface area (Å²) in [7, 11) is 0. The van der Waals surface area contributed by atoms with Gasteiger partial charge in [0.25, 0.3) is 0 Å². The molecule has 0 saturated heterocycles. The fourth-order valence-electron chi connectivity index (χ4n) is 1.52. The third kappa shape index (κ3) is 5.22. The van der Waals surface area contributed by atoms with Crippen molar-refractivity contribution < 1.29 is 9.90 Å². The van der Waals surface area contributed by atoms with E-state index in [-0.39, 0.29) is 6.04 Å². The Morgan fingerprint density at radius 3 is 2.36 bits per heavy atom. The van der Waals surface area contributed by atoms with Gasteiger partial charge in [-0.25, -0.2) is 0 Å². The average Bonchev–Trinajstić information content (AvgIpc) is 2.17. The molecular weight excluding hydrogens is 178 g/mol.